The van der Waals surface area contributed by atoms with E-state index in [0.29, 0.717) is 24.3 Å². The minimum atomic E-state index is -0.916. The van der Waals surface area contributed by atoms with Crippen molar-refractivity contribution in [3.8, 4) is 0 Å². The lowest BCUT2D eigenvalue weighted by molar-refractivity contribution is -0.117. The third-order valence-electron chi connectivity index (χ3n) is 5.45. The second-order valence-corrected chi connectivity index (χ2v) is 7.90. The first-order valence-electron chi connectivity index (χ1n) is 10.3. The van der Waals surface area contributed by atoms with Gasteiger partial charge in [-0.1, -0.05) is 12.1 Å². The van der Waals surface area contributed by atoms with Gasteiger partial charge >= 0.3 is 0 Å². The molecule has 1 radical (unpaired) electrons. The summed E-state index contributed by atoms with van der Waals surface area (Å²) in [7, 11) is 0. The Balaban J connectivity index is 1.83. The molecule has 8 heteroatoms. The summed E-state index contributed by atoms with van der Waals surface area (Å²) in [6.07, 6.45) is 3.73. The molecule has 2 aromatic rings. The number of nitrogens with two attached hydrogens (primary N) is 2. The summed E-state index contributed by atoms with van der Waals surface area (Å²) in [6, 6.07) is 13.3. The second kappa shape index (κ2) is 9.28. The molecule has 1 heterocycles. The lowest BCUT2D eigenvalue weighted by Crippen LogP contribution is -2.43. The molecule has 0 aromatic heterocycles. The van der Waals surface area contributed by atoms with E-state index < -0.39 is 17.6 Å². The summed E-state index contributed by atoms with van der Waals surface area (Å²) in [6.45, 7) is 3.93. The molecule has 2 unspecified atom stereocenters. The Morgan fingerprint density at radius 1 is 0.935 bits per heavy atom. The fourth-order valence-corrected chi connectivity index (χ4v) is 3.70. The fraction of sp³-hybridized carbons (Fsp3) is 0.348. The predicted molar refractivity (Wildman–Crippen MR) is 121 cm³/mol. The smallest absolute Gasteiger partial charge is 0.240 e. The van der Waals surface area contributed by atoms with Crippen molar-refractivity contribution in [3.63, 3.8) is 0 Å². The molecule has 2 aromatic carbocycles. The molecule has 0 spiro atoms. The van der Waals surface area contributed by atoms with Crippen molar-refractivity contribution >= 4 is 35.2 Å². The monoisotopic (exact) mass is 422 g/mol. The molecule has 0 saturated carbocycles. The first kappa shape index (κ1) is 22.5. The minimum Gasteiger partial charge on any atom is -0.355 e. The molecule has 1 saturated heterocycles. The van der Waals surface area contributed by atoms with Crippen LogP contribution in [0, 0.1) is 0 Å². The van der Waals surface area contributed by atoms with Crippen molar-refractivity contribution in [2.45, 2.75) is 44.3 Å². The highest BCUT2D eigenvalue weighted by Crippen LogP contribution is 2.41. The molecule has 1 fully saturated rings. The van der Waals surface area contributed by atoms with Crippen molar-refractivity contribution in [1.82, 2.24) is 0 Å². The molecule has 3 rings (SSSR count). The van der Waals surface area contributed by atoms with Crippen molar-refractivity contribution in [3.05, 3.63) is 54.1 Å². The number of carbonyl (C=O) groups excluding carboxylic acids is 3. The van der Waals surface area contributed by atoms with E-state index in [1.807, 2.05) is 29.2 Å². The summed E-state index contributed by atoms with van der Waals surface area (Å²) in [5.41, 5.74) is 13.2. The maximum atomic E-state index is 12.2. The molecule has 1 aliphatic rings. The number of carbonyl (C=O) groups is 2. The first-order valence-corrected chi connectivity index (χ1v) is 10.3. The SMILES string of the molecule is CC(N)C(=O)Nc1ccc(N2CCC[C@@]2([C]=O)c2ccc(NC(=O)C(C)N)cc2)cc1. The van der Waals surface area contributed by atoms with Crippen LogP contribution in [0.15, 0.2) is 48.5 Å². The molecule has 31 heavy (non-hydrogen) atoms. The number of nitrogens with zero attached hydrogens (tertiary/aromatic N) is 1. The van der Waals surface area contributed by atoms with Crippen LogP contribution in [-0.4, -0.2) is 36.7 Å². The highest BCUT2D eigenvalue weighted by Gasteiger charge is 2.43. The number of amides is 2. The number of anilines is 3. The quantitative estimate of drug-likeness (QED) is 0.539. The van der Waals surface area contributed by atoms with E-state index in [-0.39, 0.29) is 11.8 Å². The Labute approximate surface area is 182 Å². The van der Waals surface area contributed by atoms with Crippen LogP contribution < -0.4 is 27.0 Å². The number of nitrogens with one attached hydrogen (secondary N) is 2. The molecule has 6 N–H and O–H groups in total. The second-order valence-electron chi connectivity index (χ2n) is 7.90. The standard InChI is InChI=1S/C23H28N5O3/c1-15(24)21(30)26-18-6-4-17(5-7-18)23(14-29)12-3-13-28(23)20-10-8-19(9-11-20)27-22(31)16(2)25/h4-11,15-16H,3,12-13,24-25H2,1-2H3,(H,26,30)(H,27,31)/t15?,16?,23-/m1/s1. The summed E-state index contributed by atoms with van der Waals surface area (Å²) in [4.78, 5) is 37.8. The number of hydrogen-bond donors (Lipinski definition) is 4. The Morgan fingerprint density at radius 2 is 1.42 bits per heavy atom. The molecule has 163 valence electrons. The molecule has 2 amide bonds. The molecular weight excluding hydrogens is 394 g/mol. The summed E-state index contributed by atoms with van der Waals surface area (Å²) in [5.74, 6) is -0.538. The number of rotatable bonds is 7. The van der Waals surface area contributed by atoms with E-state index in [9.17, 15) is 14.4 Å². The zero-order valence-corrected chi connectivity index (χ0v) is 17.7. The summed E-state index contributed by atoms with van der Waals surface area (Å²) < 4.78 is 0. The number of hydrogen-bond acceptors (Lipinski definition) is 6. The minimum absolute atomic E-state index is 0.263. The summed E-state index contributed by atoms with van der Waals surface area (Å²) in [5, 5.41) is 5.49. The van der Waals surface area contributed by atoms with Crippen LogP contribution in [0.3, 0.4) is 0 Å². The van der Waals surface area contributed by atoms with Gasteiger partial charge < -0.3 is 27.0 Å². The normalized spacial score (nSPS) is 20.1. The van der Waals surface area contributed by atoms with E-state index in [2.05, 4.69) is 16.9 Å². The van der Waals surface area contributed by atoms with Crippen LogP contribution in [0.25, 0.3) is 0 Å². The third-order valence-corrected chi connectivity index (χ3v) is 5.45. The Bertz CT molecular complexity index is 941. The van der Waals surface area contributed by atoms with E-state index in [1.54, 1.807) is 38.1 Å². The van der Waals surface area contributed by atoms with E-state index in [1.165, 1.54) is 0 Å². The van der Waals surface area contributed by atoms with Gasteiger partial charge in [-0.2, -0.15) is 0 Å². The van der Waals surface area contributed by atoms with Crippen molar-refractivity contribution in [1.29, 1.82) is 0 Å². The predicted octanol–water partition coefficient (Wildman–Crippen LogP) is 1.86. The third kappa shape index (κ3) is 4.76. The van der Waals surface area contributed by atoms with Crippen LogP contribution in [0.1, 0.15) is 32.3 Å². The van der Waals surface area contributed by atoms with Gasteiger partial charge in [-0.05, 0) is 68.7 Å². The molecule has 0 bridgehead atoms. The van der Waals surface area contributed by atoms with E-state index >= 15 is 0 Å². The fourth-order valence-electron chi connectivity index (χ4n) is 3.70. The van der Waals surface area contributed by atoms with Crippen LogP contribution in [-0.2, 0) is 19.9 Å². The summed E-state index contributed by atoms with van der Waals surface area (Å²) >= 11 is 0. The molecule has 0 aliphatic carbocycles. The van der Waals surface area contributed by atoms with E-state index in [4.69, 9.17) is 11.5 Å². The lowest BCUT2D eigenvalue weighted by atomic mass is 9.88. The van der Waals surface area contributed by atoms with Crippen LogP contribution in [0.5, 0.6) is 0 Å². The maximum absolute atomic E-state index is 12.2. The average molecular weight is 423 g/mol. The molecule has 3 atom stereocenters. The zero-order chi connectivity index (χ0) is 22.6. The van der Waals surface area contributed by atoms with Crippen molar-refractivity contribution < 1.29 is 14.4 Å². The average Bonchev–Trinajstić information content (AvgIpc) is 3.20. The lowest BCUT2D eigenvalue weighted by Gasteiger charge is -2.35. The van der Waals surface area contributed by atoms with Crippen molar-refractivity contribution in [2.24, 2.45) is 11.5 Å². The van der Waals surface area contributed by atoms with E-state index in [0.717, 1.165) is 17.7 Å². The Kier molecular flexibility index (Phi) is 6.72. The van der Waals surface area contributed by atoms with Gasteiger partial charge in [-0.15, -0.1) is 0 Å². The van der Waals surface area contributed by atoms with Gasteiger partial charge in [0.15, 0.2) is 0 Å². The maximum Gasteiger partial charge on any atom is 0.240 e. The van der Waals surface area contributed by atoms with Gasteiger partial charge in [-0.25, -0.2) is 0 Å². The van der Waals surface area contributed by atoms with Gasteiger partial charge in [0, 0.05) is 23.6 Å². The molecule has 8 nitrogen and oxygen atoms in total. The van der Waals surface area contributed by atoms with Gasteiger partial charge in [0.05, 0.1) is 12.1 Å². The van der Waals surface area contributed by atoms with Gasteiger partial charge in [0.2, 0.25) is 18.1 Å². The molecule has 1 aliphatic heterocycles. The number of benzene rings is 2. The zero-order valence-electron chi connectivity index (χ0n) is 17.7. The molecular formula is C23H28N5O3. The highest BCUT2D eigenvalue weighted by atomic mass is 16.2. The van der Waals surface area contributed by atoms with Crippen molar-refractivity contribution in [2.75, 3.05) is 22.1 Å². The highest BCUT2D eigenvalue weighted by molar-refractivity contribution is 5.95. The van der Waals surface area contributed by atoms with Gasteiger partial charge in [0.1, 0.15) is 5.54 Å². The van der Waals surface area contributed by atoms with Crippen LogP contribution in [0.2, 0.25) is 0 Å². The van der Waals surface area contributed by atoms with Crippen LogP contribution >= 0.6 is 0 Å². The Morgan fingerprint density at radius 3 is 1.87 bits per heavy atom. The van der Waals surface area contributed by atoms with Gasteiger partial charge in [-0.3, -0.25) is 14.4 Å². The largest absolute Gasteiger partial charge is 0.355 e. The van der Waals surface area contributed by atoms with Crippen LogP contribution in [0.4, 0.5) is 17.1 Å². The first-order chi connectivity index (χ1) is 14.8. The topological polar surface area (TPSA) is 131 Å². The Hall–Kier alpha value is -3.23. The van der Waals surface area contributed by atoms with Gasteiger partial charge in [0.25, 0.3) is 0 Å².